The highest BCUT2D eigenvalue weighted by molar-refractivity contribution is 6.35. The van der Waals surface area contributed by atoms with Crippen LogP contribution in [0, 0.1) is 0 Å². The summed E-state index contributed by atoms with van der Waals surface area (Å²) in [6.07, 6.45) is 2.20. The molecule has 5 nitrogen and oxygen atoms in total. The number of rotatable bonds is 9. The topological polar surface area (TPSA) is 64.6 Å². The van der Waals surface area contributed by atoms with E-state index < -0.39 is 12.1 Å². The van der Waals surface area contributed by atoms with Gasteiger partial charge in [-0.1, -0.05) is 43.0 Å². The maximum absolute atomic E-state index is 12.4. The molecule has 150 valence electrons. The lowest BCUT2D eigenvalue weighted by Crippen LogP contribution is -2.26. The molecule has 0 bridgehead atoms. The molecule has 0 aliphatic carbocycles. The number of nitrogens with one attached hydrogen (secondary N) is 1. The summed E-state index contributed by atoms with van der Waals surface area (Å²) < 4.78 is 10.8. The van der Waals surface area contributed by atoms with Crippen molar-refractivity contribution in [3.8, 4) is 5.75 Å². The van der Waals surface area contributed by atoms with Crippen molar-refractivity contribution < 1.29 is 19.1 Å². The maximum atomic E-state index is 12.4. The highest BCUT2D eigenvalue weighted by atomic mass is 35.5. The van der Waals surface area contributed by atoms with Gasteiger partial charge in [0, 0.05) is 10.6 Å². The summed E-state index contributed by atoms with van der Waals surface area (Å²) >= 11 is 12.0. The van der Waals surface area contributed by atoms with Crippen LogP contribution in [0.2, 0.25) is 10.0 Å². The second-order valence-electron chi connectivity index (χ2n) is 6.24. The number of ether oxygens (including phenoxy) is 2. The normalized spacial score (nSPS) is 11.6. The average molecular weight is 424 g/mol. The Balaban J connectivity index is 1.90. The molecular weight excluding hydrogens is 401 g/mol. The molecule has 0 aliphatic rings. The lowest BCUT2D eigenvalue weighted by molar-refractivity contribution is -0.151. The lowest BCUT2D eigenvalue weighted by Gasteiger charge is -2.14. The molecule has 0 heterocycles. The number of hydrogen-bond donors (Lipinski definition) is 1. The molecule has 1 unspecified atom stereocenters. The minimum atomic E-state index is -0.730. The first-order chi connectivity index (χ1) is 13.4. The van der Waals surface area contributed by atoms with Gasteiger partial charge < -0.3 is 14.8 Å². The van der Waals surface area contributed by atoms with Gasteiger partial charge in [0.15, 0.2) is 6.10 Å². The molecule has 0 fully saturated rings. The van der Waals surface area contributed by atoms with Crippen LogP contribution in [0.5, 0.6) is 5.75 Å². The summed E-state index contributed by atoms with van der Waals surface area (Å²) in [4.78, 5) is 24.3. The number of unbranched alkanes of at least 4 members (excludes halogenated alkanes) is 2. The van der Waals surface area contributed by atoms with E-state index in [1.807, 2.05) is 0 Å². The van der Waals surface area contributed by atoms with Gasteiger partial charge in [0.05, 0.1) is 17.3 Å². The predicted octanol–water partition coefficient (Wildman–Crippen LogP) is 5.75. The van der Waals surface area contributed by atoms with Gasteiger partial charge in [0.25, 0.3) is 5.91 Å². The third-order valence-corrected chi connectivity index (χ3v) is 4.49. The van der Waals surface area contributed by atoms with Gasteiger partial charge in [-0.2, -0.15) is 0 Å². The highest BCUT2D eigenvalue weighted by Crippen LogP contribution is 2.26. The zero-order valence-corrected chi connectivity index (χ0v) is 17.3. The lowest BCUT2D eigenvalue weighted by atomic mass is 10.2. The highest BCUT2D eigenvalue weighted by Gasteiger charge is 2.16. The quantitative estimate of drug-likeness (QED) is 0.412. The number of anilines is 1. The molecule has 0 spiro atoms. The Morgan fingerprint density at radius 2 is 1.79 bits per heavy atom. The number of benzene rings is 2. The zero-order valence-electron chi connectivity index (χ0n) is 15.8. The molecule has 28 heavy (non-hydrogen) atoms. The molecule has 7 heteroatoms. The first kappa shape index (κ1) is 22.1. The molecule has 1 N–H and O–H groups in total. The Bertz CT molecular complexity index is 809. The van der Waals surface area contributed by atoms with E-state index >= 15 is 0 Å². The molecule has 0 saturated carbocycles. The molecule has 2 aromatic carbocycles. The summed E-state index contributed by atoms with van der Waals surface area (Å²) in [5.74, 6) is -0.275. The Morgan fingerprint density at radius 3 is 2.46 bits per heavy atom. The van der Waals surface area contributed by atoms with E-state index in [0.717, 1.165) is 19.3 Å². The van der Waals surface area contributed by atoms with Crippen molar-refractivity contribution >= 4 is 40.8 Å². The number of esters is 1. The van der Waals surface area contributed by atoms with Gasteiger partial charge in [0.1, 0.15) is 5.75 Å². The van der Waals surface area contributed by atoms with Crippen molar-refractivity contribution in [2.24, 2.45) is 0 Å². The molecule has 0 aliphatic heterocycles. The molecule has 2 aromatic rings. The Morgan fingerprint density at radius 1 is 1.07 bits per heavy atom. The van der Waals surface area contributed by atoms with Gasteiger partial charge in [-0.15, -0.1) is 0 Å². The molecule has 0 saturated heterocycles. The fourth-order valence-electron chi connectivity index (χ4n) is 2.37. The molecular formula is C21H23Cl2NO4. The van der Waals surface area contributed by atoms with Crippen LogP contribution in [0.4, 0.5) is 5.69 Å². The van der Waals surface area contributed by atoms with Crippen molar-refractivity contribution in [2.75, 3.05) is 11.9 Å². The summed E-state index contributed by atoms with van der Waals surface area (Å²) in [6, 6.07) is 11.3. The first-order valence-corrected chi connectivity index (χ1v) is 9.86. The van der Waals surface area contributed by atoms with E-state index in [2.05, 4.69) is 12.2 Å². The smallest absolute Gasteiger partial charge is 0.347 e. The minimum absolute atomic E-state index is 0.334. The summed E-state index contributed by atoms with van der Waals surface area (Å²) in [6.45, 7) is 4.11. The van der Waals surface area contributed by atoms with Crippen molar-refractivity contribution in [1.29, 1.82) is 0 Å². The predicted molar refractivity (Wildman–Crippen MR) is 111 cm³/mol. The van der Waals surface area contributed by atoms with Crippen LogP contribution in [0.3, 0.4) is 0 Å². The maximum Gasteiger partial charge on any atom is 0.347 e. The molecule has 0 aromatic heterocycles. The van der Waals surface area contributed by atoms with E-state index in [1.54, 1.807) is 49.4 Å². The van der Waals surface area contributed by atoms with Crippen molar-refractivity contribution in [3.05, 3.63) is 58.1 Å². The van der Waals surface area contributed by atoms with E-state index in [9.17, 15) is 9.59 Å². The molecule has 0 radical (unpaired) electrons. The van der Waals surface area contributed by atoms with Gasteiger partial charge in [-0.3, -0.25) is 4.79 Å². The largest absolute Gasteiger partial charge is 0.479 e. The second kappa shape index (κ2) is 10.9. The number of carbonyl (C=O) groups is 2. The number of halogens is 2. The van der Waals surface area contributed by atoms with Crippen molar-refractivity contribution in [1.82, 2.24) is 0 Å². The Kier molecular flexibility index (Phi) is 8.61. The van der Waals surface area contributed by atoms with Gasteiger partial charge in [-0.05, 0) is 55.8 Å². The van der Waals surface area contributed by atoms with Crippen molar-refractivity contribution in [2.45, 2.75) is 39.2 Å². The fraction of sp³-hybridized carbons (Fsp3) is 0.333. The SMILES string of the molecule is CCCCCOC(=O)C(C)Oc1ccc(C(=O)Nc2cc(Cl)ccc2Cl)cc1. The van der Waals surface area contributed by atoms with Crippen LogP contribution in [0.1, 0.15) is 43.5 Å². The molecule has 1 atom stereocenters. The molecule has 1 amide bonds. The standard InChI is InChI=1S/C21H23Cl2NO4/c1-3-4-5-12-27-21(26)14(2)28-17-9-6-15(7-10-17)20(25)24-19-13-16(22)8-11-18(19)23/h6-11,13-14H,3-5,12H2,1-2H3,(H,24,25). The minimum Gasteiger partial charge on any atom is -0.479 e. The first-order valence-electron chi connectivity index (χ1n) is 9.10. The monoisotopic (exact) mass is 423 g/mol. The summed E-state index contributed by atoms with van der Waals surface area (Å²) in [5.41, 5.74) is 0.845. The summed E-state index contributed by atoms with van der Waals surface area (Å²) in [5, 5.41) is 3.57. The van der Waals surface area contributed by atoms with E-state index in [-0.39, 0.29) is 5.91 Å². The van der Waals surface area contributed by atoms with Crippen LogP contribution in [-0.2, 0) is 9.53 Å². The number of carbonyl (C=O) groups excluding carboxylic acids is 2. The third kappa shape index (κ3) is 6.73. The van der Waals surface area contributed by atoms with Crippen LogP contribution < -0.4 is 10.1 Å². The van der Waals surface area contributed by atoms with Gasteiger partial charge in [-0.25, -0.2) is 4.79 Å². The van der Waals surface area contributed by atoms with Gasteiger partial charge in [0.2, 0.25) is 0 Å². The zero-order chi connectivity index (χ0) is 20.5. The van der Waals surface area contributed by atoms with Crippen LogP contribution in [-0.4, -0.2) is 24.6 Å². The summed E-state index contributed by atoms with van der Waals surface area (Å²) in [7, 11) is 0. The van der Waals surface area contributed by atoms with E-state index in [0.29, 0.717) is 33.7 Å². The molecule has 2 rings (SSSR count). The van der Waals surface area contributed by atoms with E-state index in [1.165, 1.54) is 0 Å². The fourth-order valence-corrected chi connectivity index (χ4v) is 2.70. The third-order valence-electron chi connectivity index (χ3n) is 3.93. The van der Waals surface area contributed by atoms with Crippen LogP contribution in [0.15, 0.2) is 42.5 Å². The van der Waals surface area contributed by atoms with Crippen LogP contribution in [0.25, 0.3) is 0 Å². The average Bonchev–Trinajstić information content (AvgIpc) is 2.68. The van der Waals surface area contributed by atoms with Crippen molar-refractivity contribution in [3.63, 3.8) is 0 Å². The Labute approximate surface area is 174 Å². The van der Waals surface area contributed by atoms with Gasteiger partial charge >= 0.3 is 5.97 Å². The number of amides is 1. The number of hydrogen-bond acceptors (Lipinski definition) is 4. The van der Waals surface area contributed by atoms with Crippen LogP contribution >= 0.6 is 23.2 Å². The van der Waals surface area contributed by atoms with E-state index in [4.69, 9.17) is 32.7 Å². The second-order valence-corrected chi connectivity index (χ2v) is 7.08. The Hall–Kier alpha value is -2.24.